The van der Waals surface area contributed by atoms with Gasteiger partial charge in [0.15, 0.2) is 6.61 Å². The summed E-state index contributed by atoms with van der Waals surface area (Å²) in [5, 5.41) is 20.6. The molecule has 21 heavy (non-hydrogen) atoms. The van der Waals surface area contributed by atoms with E-state index in [9.17, 15) is 4.79 Å². The first-order valence-corrected chi connectivity index (χ1v) is 6.34. The number of amides is 1. The molecule has 0 aliphatic rings. The molecule has 2 N–H and O–H groups in total. The molecule has 5 heteroatoms. The van der Waals surface area contributed by atoms with E-state index < -0.39 is 0 Å². The monoisotopic (exact) mass is 282 g/mol. The van der Waals surface area contributed by atoms with Crippen LogP contribution < -0.4 is 10.1 Å². The lowest BCUT2D eigenvalue weighted by Crippen LogP contribution is -2.20. The van der Waals surface area contributed by atoms with Crippen LogP contribution in [0.15, 0.2) is 48.5 Å². The van der Waals surface area contributed by atoms with Crippen molar-refractivity contribution >= 4 is 11.6 Å². The van der Waals surface area contributed by atoms with Gasteiger partial charge in [0, 0.05) is 5.69 Å². The van der Waals surface area contributed by atoms with E-state index in [1.54, 1.807) is 48.5 Å². The maximum Gasteiger partial charge on any atom is 0.262 e. The van der Waals surface area contributed by atoms with Gasteiger partial charge in [-0.3, -0.25) is 4.79 Å². The summed E-state index contributed by atoms with van der Waals surface area (Å²) in [7, 11) is 0. The number of nitrogens with zero attached hydrogens (tertiary/aromatic N) is 1. The van der Waals surface area contributed by atoms with Crippen LogP contribution in [0.4, 0.5) is 5.69 Å². The lowest BCUT2D eigenvalue weighted by Gasteiger charge is -2.09. The highest BCUT2D eigenvalue weighted by Gasteiger charge is 2.07. The van der Waals surface area contributed by atoms with Gasteiger partial charge < -0.3 is 15.2 Å². The first-order valence-electron chi connectivity index (χ1n) is 6.34. The summed E-state index contributed by atoms with van der Waals surface area (Å²) < 4.78 is 5.33. The maximum absolute atomic E-state index is 11.8. The van der Waals surface area contributed by atoms with E-state index in [0.29, 0.717) is 22.6 Å². The number of rotatable bonds is 5. The highest BCUT2D eigenvalue weighted by atomic mass is 16.5. The van der Waals surface area contributed by atoms with Gasteiger partial charge in [0.05, 0.1) is 12.2 Å². The van der Waals surface area contributed by atoms with E-state index in [1.807, 2.05) is 6.07 Å². The van der Waals surface area contributed by atoms with E-state index in [2.05, 4.69) is 5.32 Å². The van der Waals surface area contributed by atoms with Gasteiger partial charge in [-0.15, -0.1) is 0 Å². The molecule has 0 radical (unpaired) electrons. The molecule has 0 aliphatic carbocycles. The number of aliphatic hydroxyl groups excluding tert-OH is 1. The molecule has 0 saturated carbocycles. The fourth-order valence-corrected chi connectivity index (χ4v) is 1.77. The standard InChI is InChI=1S/C16H14N2O3/c17-9-13-5-1-2-7-15(13)21-11-16(20)18-14-6-3-4-12(8-14)10-19/h1-8,19H,10-11H2,(H,18,20). The number of hydrogen-bond donors (Lipinski definition) is 2. The fourth-order valence-electron chi connectivity index (χ4n) is 1.77. The van der Waals surface area contributed by atoms with Gasteiger partial charge in [0.25, 0.3) is 5.91 Å². The number of nitrogens with one attached hydrogen (secondary N) is 1. The van der Waals surface area contributed by atoms with Gasteiger partial charge in [-0.25, -0.2) is 0 Å². The average molecular weight is 282 g/mol. The molecule has 0 aromatic heterocycles. The molecular formula is C16H14N2O3. The minimum Gasteiger partial charge on any atom is -0.482 e. The Kier molecular flexibility index (Phi) is 4.91. The van der Waals surface area contributed by atoms with Crippen molar-refractivity contribution < 1.29 is 14.6 Å². The third-order valence-electron chi connectivity index (χ3n) is 2.76. The first-order chi connectivity index (χ1) is 10.2. The zero-order valence-electron chi connectivity index (χ0n) is 11.2. The Hall–Kier alpha value is -2.84. The molecule has 0 heterocycles. The van der Waals surface area contributed by atoms with Crippen molar-refractivity contribution in [1.82, 2.24) is 0 Å². The second-order valence-corrected chi connectivity index (χ2v) is 4.30. The van der Waals surface area contributed by atoms with Crippen LogP contribution in [-0.4, -0.2) is 17.6 Å². The number of aliphatic hydroxyl groups is 1. The first kappa shape index (κ1) is 14.6. The molecule has 0 saturated heterocycles. The van der Waals surface area contributed by atoms with E-state index in [0.717, 1.165) is 0 Å². The van der Waals surface area contributed by atoms with Crippen molar-refractivity contribution in [2.45, 2.75) is 6.61 Å². The van der Waals surface area contributed by atoms with Crippen LogP contribution in [0, 0.1) is 11.3 Å². The third-order valence-corrected chi connectivity index (χ3v) is 2.76. The van der Waals surface area contributed by atoms with Gasteiger partial charge in [-0.1, -0.05) is 24.3 Å². The number of nitriles is 1. The van der Waals surface area contributed by atoms with Crippen molar-refractivity contribution in [2.75, 3.05) is 11.9 Å². The van der Waals surface area contributed by atoms with Crippen LogP contribution in [0.2, 0.25) is 0 Å². The molecule has 0 unspecified atom stereocenters. The summed E-state index contributed by atoms with van der Waals surface area (Å²) in [6, 6.07) is 15.6. The predicted molar refractivity (Wildman–Crippen MR) is 77.6 cm³/mol. The second-order valence-electron chi connectivity index (χ2n) is 4.30. The molecule has 2 aromatic rings. The smallest absolute Gasteiger partial charge is 0.262 e. The molecule has 0 bridgehead atoms. The van der Waals surface area contributed by atoms with Crippen molar-refractivity contribution in [3.05, 3.63) is 59.7 Å². The molecule has 0 aliphatic heterocycles. The Balaban J connectivity index is 1.94. The van der Waals surface area contributed by atoms with Crippen LogP contribution in [0.3, 0.4) is 0 Å². The maximum atomic E-state index is 11.8. The Labute approximate surface area is 122 Å². The van der Waals surface area contributed by atoms with Crippen molar-refractivity contribution in [1.29, 1.82) is 5.26 Å². The second kappa shape index (κ2) is 7.08. The summed E-state index contributed by atoms with van der Waals surface area (Å²) in [6.07, 6.45) is 0. The van der Waals surface area contributed by atoms with Gasteiger partial charge in [0.2, 0.25) is 0 Å². The molecule has 1 amide bonds. The number of carbonyl (C=O) groups excluding carboxylic acids is 1. The zero-order valence-corrected chi connectivity index (χ0v) is 11.2. The number of ether oxygens (including phenoxy) is 1. The van der Waals surface area contributed by atoms with E-state index >= 15 is 0 Å². The molecule has 0 atom stereocenters. The van der Waals surface area contributed by atoms with Crippen LogP contribution in [-0.2, 0) is 11.4 Å². The van der Waals surface area contributed by atoms with Gasteiger partial charge >= 0.3 is 0 Å². The Morgan fingerprint density at radius 3 is 2.81 bits per heavy atom. The Morgan fingerprint density at radius 1 is 1.24 bits per heavy atom. The average Bonchev–Trinajstić information content (AvgIpc) is 2.53. The molecule has 5 nitrogen and oxygen atoms in total. The Bertz CT molecular complexity index is 677. The van der Waals surface area contributed by atoms with E-state index in [1.165, 1.54) is 0 Å². The lowest BCUT2D eigenvalue weighted by molar-refractivity contribution is -0.118. The molecule has 2 aromatic carbocycles. The van der Waals surface area contributed by atoms with Crippen molar-refractivity contribution in [3.63, 3.8) is 0 Å². The summed E-state index contributed by atoms with van der Waals surface area (Å²) in [5.41, 5.74) is 1.68. The molecule has 2 rings (SSSR count). The van der Waals surface area contributed by atoms with E-state index in [-0.39, 0.29) is 19.1 Å². The highest BCUT2D eigenvalue weighted by molar-refractivity contribution is 5.91. The van der Waals surface area contributed by atoms with Gasteiger partial charge in [0.1, 0.15) is 11.8 Å². The van der Waals surface area contributed by atoms with E-state index in [4.69, 9.17) is 15.1 Å². The topological polar surface area (TPSA) is 82.3 Å². The van der Waals surface area contributed by atoms with Crippen molar-refractivity contribution in [2.24, 2.45) is 0 Å². The number of benzene rings is 2. The minimum absolute atomic E-state index is 0.0875. The lowest BCUT2D eigenvalue weighted by atomic mass is 10.2. The fraction of sp³-hybridized carbons (Fsp3) is 0.125. The van der Waals surface area contributed by atoms with Crippen LogP contribution in [0.1, 0.15) is 11.1 Å². The van der Waals surface area contributed by atoms with Crippen LogP contribution in [0.5, 0.6) is 5.75 Å². The third kappa shape index (κ3) is 4.06. The largest absolute Gasteiger partial charge is 0.482 e. The Morgan fingerprint density at radius 2 is 2.05 bits per heavy atom. The minimum atomic E-state index is -0.335. The summed E-state index contributed by atoms with van der Waals surface area (Å²) in [5.74, 6) is 0.0390. The van der Waals surface area contributed by atoms with Crippen LogP contribution in [0.25, 0.3) is 0 Å². The van der Waals surface area contributed by atoms with Crippen LogP contribution >= 0.6 is 0 Å². The normalized spacial score (nSPS) is 9.71. The van der Waals surface area contributed by atoms with Crippen molar-refractivity contribution in [3.8, 4) is 11.8 Å². The number of para-hydroxylation sites is 1. The number of hydrogen-bond acceptors (Lipinski definition) is 4. The number of carbonyl (C=O) groups is 1. The summed E-state index contributed by atoms with van der Waals surface area (Å²) in [4.78, 5) is 11.8. The summed E-state index contributed by atoms with van der Waals surface area (Å²) in [6.45, 7) is -0.280. The predicted octanol–water partition coefficient (Wildman–Crippen LogP) is 2.07. The zero-order chi connectivity index (χ0) is 15.1. The summed E-state index contributed by atoms with van der Waals surface area (Å²) >= 11 is 0. The number of anilines is 1. The quantitative estimate of drug-likeness (QED) is 0.879. The SMILES string of the molecule is N#Cc1ccccc1OCC(=O)Nc1cccc(CO)c1. The van der Waals surface area contributed by atoms with Gasteiger partial charge in [-0.2, -0.15) is 5.26 Å². The molecular weight excluding hydrogens is 268 g/mol. The highest BCUT2D eigenvalue weighted by Crippen LogP contribution is 2.16. The van der Waals surface area contributed by atoms with Gasteiger partial charge in [-0.05, 0) is 29.8 Å². The molecule has 106 valence electrons. The molecule has 0 fully saturated rings. The molecule has 0 spiro atoms.